The second-order valence-electron chi connectivity index (χ2n) is 5.93. The molecule has 15 heavy (non-hydrogen) atoms. The molecule has 0 amide bonds. The molecule has 3 rings (SSSR count). The Labute approximate surface area is 93.4 Å². The third kappa shape index (κ3) is 2.21. The Kier molecular flexibility index (Phi) is 2.73. The fraction of sp³-hybridized carbons (Fsp3) is 1.00. The van der Waals surface area contributed by atoms with Crippen LogP contribution < -0.4 is 5.32 Å². The lowest BCUT2D eigenvalue weighted by atomic mass is 9.97. The summed E-state index contributed by atoms with van der Waals surface area (Å²) in [5.41, 5.74) is 0. The van der Waals surface area contributed by atoms with Gasteiger partial charge >= 0.3 is 0 Å². The molecule has 4 atom stereocenters. The monoisotopic (exact) mass is 208 g/mol. The van der Waals surface area contributed by atoms with Crippen LogP contribution in [0.25, 0.3) is 0 Å². The second-order valence-corrected chi connectivity index (χ2v) is 5.93. The third-order valence-corrected chi connectivity index (χ3v) is 4.77. The van der Waals surface area contributed by atoms with Gasteiger partial charge in [-0.05, 0) is 63.6 Å². The van der Waals surface area contributed by atoms with Gasteiger partial charge in [-0.2, -0.15) is 0 Å². The molecule has 0 bridgehead atoms. The van der Waals surface area contributed by atoms with Crippen LogP contribution >= 0.6 is 0 Å². The van der Waals surface area contributed by atoms with Crippen molar-refractivity contribution >= 4 is 0 Å². The van der Waals surface area contributed by atoms with Crippen LogP contribution in [0, 0.1) is 11.8 Å². The molecule has 0 radical (unpaired) electrons. The summed E-state index contributed by atoms with van der Waals surface area (Å²) < 4.78 is 0. The Morgan fingerprint density at radius 3 is 2.87 bits per heavy atom. The van der Waals surface area contributed by atoms with Crippen molar-refractivity contribution < 1.29 is 0 Å². The molecule has 0 spiro atoms. The van der Waals surface area contributed by atoms with Crippen molar-refractivity contribution in [2.45, 2.75) is 51.1 Å². The SMILES string of the molecule is CC1CC1CNC1CCN2CCCC2C1. The zero-order chi connectivity index (χ0) is 10.3. The van der Waals surface area contributed by atoms with Gasteiger partial charge < -0.3 is 10.2 Å². The van der Waals surface area contributed by atoms with E-state index in [1.807, 2.05) is 0 Å². The average molecular weight is 208 g/mol. The molecule has 1 N–H and O–H groups in total. The van der Waals surface area contributed by atoms with Crippen LogP contribution in [-0.4, -0.2) is 36.6 Å². The molecule has 0 aromatic heterocycles. The largest absolute Gasteiger partial charge is 0.314 e. The van der Waals surface area contributed by atoms with Crippen molar-refractivity contribution in [1.29, 1.82) is 0 Å². The van der Waals surface area contributed by atoms with E-state index >= 15 is 0 Å². The Hall–Kier alpha value is -0.0800. The van der Waals surface area contributed by atoms with Crippen molar-refractivity contribution in [2.24, 2.45) is 11.8 Å². The van der Waals surface area contributed by atoms with Crippen molar-refractivity contribution in [3.63, 3.8) is 0 Å². The topological polar surface area (TPSA) is 15.3 Å². The van der Waals surface area contributed by atoms with Crippen LogP contribution in [0.15, 0.2) is 0 Å². The molecular formula is C13H24N2. The summed E-state index contributed by atoms with van der Waals surface area (Å²) in [4.78, 5) is 2.71. The number of nitrogens with zero attached hydrogens (tertiary/aromatic N) is 1. The Bertz CT molecular complexity index is 229. The van der Waals surface area contributed by atoms with Crippen molar-refractivity contribution in [1.82, 2.24) is 10.2 Å². The fourth-order valence-electron chi connectivity index (χ4n) is 3.41. The minimum atomic E-state index is 0.831. The summed E-state index contributed by atoms with van der Waals surface area (Å²) in [5, 5.41) is 3.80. The highest BCUT2D eigenvalue weighted by molar-refractivity contribution is 4.91. The van der Waals surface area contributed by atoms with Gasteiger partial charge in [0, 0.05) is 12.1 Å². The number of piperidine rings is 1. The Morgan fingerprint density at radius 1 is 1.20 bits per heavy atom. The van der Waals surface area contributed by atoms with Gasteiger partial charge in [0.25, 0.3) is 0 Å². The highest BCUT2D eigenvalue weighted by Gasteiger charge is 2.35. The molecule has 1 aliphatic carbocycles. The normalized spacial score (nSPS) is 45.4. The third-order valence-electron chi connectivity index (χ3n) is 4.77. The van der Waals surface area contributed by atoms with Gasteiger partial charge in [-0.1, -0.05) is 6.92 Å². The lowest BCUT2D eigenvalue weighted by Crippen LogP contribution is -2.46. The van der Waals surface area contributed by atoms with Gasteiger partial charge in [-0.25, -0.2) is 0 Å². The van der Waals surface area contributed by atoms with Crippen LogP contribution in [0.5, 0.6) is 0 Å². The molecule has 2 saturated heterocycles. The first-order valence-electron chi connectivity index (χ1n) is 6.80. The molecule has 2 nitrogen and oxygen atoms in total. The number of hydrogen-bond donors (Lipinski definition) is 1. The maximum atomic E-state index is 3.80. The minimum Gasteiger partial charge on any atom is -0.314 e. The highest BCUT2D eigenvalue weighted by atomic mass is 15.2. The van der Waals surface area contributed by atoms with E-state index in [9.17, 15) is 0 Å². The smallest absolute Gasteiger partial charge is 0.0111 e. The zero-order valence-corrected chi connectivity index (χ0v) is 9.91. The molecule has 86 valence electrons. The summed E-state index contributed by atoms with van der Waals surface area (Å²) in [6.45, 7) is 6.39. The Balaban J connectivity index is 1.43. The van der Waals surface area contributed by atoms with E-state index < -0.39 is 0 Å². The molecular weight excluding hydrogens is 184 g/mol. The summed E-state index contributed by atoms with van der Waals surface area (Å²) in [6, 6.07) is 1.75. The second kappa shape index (κ2) is 4.06. The molecule has 4 unspecified atom stereocenters. The van der Waals surface area contributed by atoms with Crippen molar-refractivity contribution in [2.75, 3.05) is 19.6 Å². The van der Waals surface area contributed by atoms with Crippen LogP contribution in [0.3, 0.4) is 0 Å². The molecule has 0 aromatic carbocycles. The summed E-state index contributed by atoms with van der Waals surface area (Å²) in [5.74, 6) is 2.01. The fourth-order valence-corrected chi connectivity index (χ4v) is 3.41. The first kappa shape index (κ1) is 10.1. The van der Waals surface area contributed by atoms with Gasteiger partial charge in [-0.3, -0.25) is 0 Å². The van der Waals surface area contributed by atoms with E-state index in [2.05, 4.69) is 17.1 Å². The molecule has 2 heterocycles. The molecule has 1 saturated carbocycles. The molecule has 3 aliphatic rings. The lowest BCUT2D eigenvalue weighted by Gasteiger charge is -2.35. The number of rotatable bonds is 3. The van der Waals surface area contributed by atoms with Gasteiger partial charge in [0.05, 0.1) is 0 Å². The first-order chi connectivity index (χ1) is 7.33. The molecule has 2 aliphatic heterocycles. The van der Waals surface area contributed by atoms with Crippen LogP contribution in [-0.2, 0) is 0 Å². The quantitative estimate of drug-likeness (QED) is 0.761. The van der Waals surface area contributed by atoms with E-state index in [0.717, 1.165) is 23.9 Å². The van der Waals surface area contributed by atoms with Gasteiger partial charge in [0.2, 0.25) is 0 Å². The lowest BCUT2D eigenvalue weighted by molar-refractivity contribution is 0.166. The predicted molar refractivity (Wildman–Crippen MR) is 62.9 cm³/mol. The summed E-state index contributed by atoms with van der Waals surface area (Å²) >= 11 is 0. The van der Waals surface area contributed by atoms with E-state index in [-0.39, 0.29) is 0 Å². The van der Waals surface area contributed by atoms with Crippen LogP contribution in [0.1, 0.15) is 39.0 Å². The molecule has 0 aromatic rings. The average Bonchev–Trinajstić information content (AvgIpc) is 2.78. The zero-order valence-electron chi connectivity index (χ0n) is 9.91. The standard InChI is InChI=1S/C13H24N2/c1-10-7-11(10)9-14-12-4-6-15-5-2-3-13(15)8-12/h10-14H,2-9H2,1H3. The van der Waals surface area contributed by atoms with Crippen LogP contribution in [0.2, 0.25) is 0 Å². The molecule has 2 heteroatoms. The van der Waals surface area contributed by atoms with E-state index in [1.54, 1.807) is 0 Å². The Morgan fingerprint density at radius 2 is 2.07 bits per heavy atom. The number of nitrogens with one attached hydrogen (secondary N) is 1. The minimum absolute atomic E-state index is 0.831. The van der Waals surface area contributed by atoms with Crippen molar-refractivity contribution in [3.8, 4) is 0 Å². The first-order valence-corrected chi connectivity index (χ1v) is 6.80. The summed E-state index contributed by atoms with van der Waals surface area (Å²) in [7, 11) is 0. The van der Waals surface area contributed by atoms with Gasteiger partial charge in [0.15, 0.2) is 0 Å². The van der Waals surface area contributed by atoms with E-state index in [4.69, 9.17) is 0 Å². The van der Waals surface area contributed by atoms with E-state index in [0.29, 0.717) is 0 Å². The van der Waals surface area contributed by atoms with Crippen LogP contribution in [0.4, 0.5) is 0 Å². The predicted octanol–water partition coefficient (Wildman–Crippen LogP) is 1.86. The maximum absolute atomic E-state index is 3.80. The summed E-state index contributed by atoms with van der Waals surface area (Å²) in [6.07, 6.45) is 7.17. The van der Waals surface area contributed by atoms with E-state index in [1.165, 1.54) is 51.7 Å². The van der Waals surface area contributed by atoms with Gasteiger partial charge in [0.1, 0.15) is 0 Å². The maximum Gasteiger partial charge on any atom is 0.0111 e. The number of fused-ring (bicyclic) bond motifs is 1. The van der Waals surface area contributed by atoms with Gasteiger partial charge in [-0.15, -0.1) is 0 Å². The van der Waals surface area contributed by atoms with Crippen molar-refractivity contribution in [3.05, 3.63) is 0 Å². The highest BCUT2D eigenvalue weighted by Crippen LogP contribution is 2.37. The number of hydrogen-bond acceptors (Lipinski definition) is 2. The molecule has 3 fully saturated rings.